The number of urea groups is 1. The van der Waals surface area contributed by atoms with Crippen LogP contribution in [0.2, 0.25) is 0 Å². The summed E-state index contributed by atoms with van der Waals surface area (Å²) >= 11 is 0. The molecule has 3 N–H and O–H groups in total. The molecule has 7 heteroatoms. The van der Waals surface area contributed by atoms with Gasteiger partial charge >= 0.3 is 6.03 Å². The molecule has 2 amide bonds. The van der Waals surface area contributed by atoms with E-state index in [1.807, 2.05) is 13.0 Å². The molecule has 1 fully saturated rings. The molecule has 1 atom stereocenters. The van der Waals surface area contributed by atoms with Crippen LogP contribution in [-0.2, 0) is 6.54 Å². The minimum absolute atomic E-state index is 0.00618. The maximum Gasteiger partial charge on any atom is 0.329 e. The number of carbonyl (C=O) groups is 1. The highest BCUT2D eigenvalue weighted by Crippen LogP contribution is 2.36. The van der Waals surface area contributed by atoms with E-state index in [0.717, 1.165) is 36.2 Å². The fourth-order valence-electron chi connectivity index (χ4n) is 3.85. The van der Waals surface area contributed by atoms with Gasteiger partial charge in [-0.1, -0.05) is 12.1 Å². The van der Waals surface area contributed by atoms with Crippen molar-refractivity contribution < 1.29 is 9.18 Å². The number of para-hydroxylation sites is 1. The third-order valence-electron chi connectivity index (χ3n) is 5.10. The van der Waals surface area contributed by atoms with Crippen molar-refractivity contribution in [2.45, 2.75) is 32.4 Å². The average molecular weight is 355 g/mol. The minimum Gasteiger partial charge on any atom is -0.384 e. The molecular weight excluding hydrogens is 333 g/mol. The molecule has 2 aromatic rings. The first kappa shape index (κ1) is 16.8. The van der Waals surface area contributed by atoms with Crippen LogP contribution in [0.15, 0.2) is 30.5 Å². The Morgan fingerprint density at radius 2 is 2.23 bits per heavy atom. The second-order valence-corrected chi connectivity index (χ2v) is 6.88. The fraction of sp³-hybridized carbons (Fsp3) is 0.368. The van der Waals surface area contributed by atoms with Crippen molar-refractivity contribution in [2.24, 2.45) is 0 Å². The molecule has 0 unspecified atom stereocenters. The van der Waals surface area contributed by atoms with E-state index in [9.17, 15) is 9.18 Å². The van der Waals surface area contributed by atoms with E-state index in [4.69, 9.17) is 5.73 Å². The van der Waals surface area contributed by atoms with Crippen LogP contribution in [0.3, 0.4) is 0 Å². The molecule has 0 saturated carbocycles. The highest BCUT2D eigenvalue weighted by atomic mass is 19.1. The van der Waals surface area contributed by atoms with Gasteiger partial charge in [0.25, 0.3) is 0 Å². The van der Waals surface area contributed by atoms with Crippen molar-refractivity contribution in [2.75, 3.05) is 28.6 Å². The van der Waals surface area contributed by atoms with E-state index >= 15 is 0 Å². The molecule has 0 radical (unpaired) electrons. The molecular formula is C19H22FN5O. The van der Waals surface area contributed by atoms with Crippen LogP contribution >= 0.6 is 0 Å². The number of halogens is 1. The predicted molar refractivity (Wildman–Crippen MR) is 99.7 cm³/mol. The lowest BCUT2D eigenvalue weighted by Gasteiger charge is -2.42. The number of nitrogens with one attached hydrogen (secondary N) is 1. The number of benzene rings is 1. The highest BCUT2D eigenvalue weighted by molar-refractivity contribution is 6.07. The summed E-state index contributed by atoms with van der Waals surface area (Å²) in [5, 5.41) is 3.34. The van der Waals surface area contributed by atoms with Crippen molar-refractivity contribution in [3.8, 4) is 0 Å². The van der Waals surface area contributed by atoms with Gasteiger partial charge in [0.2, 0.25) is 0 Å². The summed E-state index contributed by atoms with van der Waals surface area (Å²) in [5.74, 6) is -0.0206. The van der Waals surface area contributed by atoms with E-state index in [0.29, 0.717) is 18.1 Å². The van der Waals surface area contributed by atoms with Crippen LogP contribution in [0.1, 0.15) is 24.0 Å². The Kier molecular flexibility index (Phi) is 4.24. The summed E-state index contributed by atoms with van der Waals surface area (Å²) in [4.78, 5) is 20.8. The maximum atomic E-state index is 14.6. The molecule has 0 spiro atoms. The maximum absolute atomic E-state index is 14.6. The first-order valence-corrected chi connectivity index (χ1v) is 8.87. The molecule has 3 heterocycles. The Bertz CT molecular complexity index is 830. The number of pyridine rings is 1. The zero-order chi connectivity index (χ0) is 18.3. The number of aromatic nitrogens is 1. The van der Waals surface area contributed by atoms with Gasteiger partial charge in [-0.25, -0.2) is 14.2 Å². The molecule has 0 bridgehead atoms. The van der Waals surface area contributed by atoms with Crippen molar-refractivity contribution in [1.82, 2.24) is 10.3 Å². The second kappa shape index (κ2) is 6.57. The highest BCUT2D eigenvalue weighted by Gasteiger charge is 2.38. The number of nitrogens with zero attached hydrogens (tertiary/aromatic N) is 3. The van der Waals surface area contributed by atoms with E-state index < -0.39 is 5.82 Å². The smallest absolute Gasteiger partial charge is 0.329 e. The summed E-state index contributed by atoms with van der Waals surface area (Å²) in [6, 6.07) is 6.39. The SMILES string of the molecule is Cc1cccc(F)c1N1Cc2cnc(N)cc2N([C@@H]2CCCNC2)C1=O. The zero-order valence-corrected chi connectivity index (χ0v) is 14.7. The summed E-state index contributed by atoms with van der Waals surface area (Å²) < 4.78 is 14.6. The molecule has 6 nitrogen and oxygen atoms in total. The molecule has 2 aliphatic heterocycles. The average Bonchev–Trinajstić information content (AvgIpc) is 2.63. The van der Waals surface area contributed by atoms with Gasteiger partial charge < -0.3 is 11.1 Å². The number of fused-ring (bicyclic) bond motifs is 1. The normalized spacial score (nSPS) is 20.2. The van der Waals surface area contributed by atoms with Crippen molar-refractivity contribution in [3.05, 3.63) is 47.4 Å². The lowest BCUT2D eigenvalue weighted by atomic mass is 10.0. The number of aryl methyl sites for hydroxylation is 1. The fourth-order valence-corrected chi connectivity index (χ4v) is 3.85. The number of nitrogens with two attached hydrogens (primary N) is 1. The first-order chi connectivity index (χ1) is 12.6. The zero-order valence-electron chi connectivity index (χ0n) is 14.7. The van der Waals surface area contributed by atoms with Gasteiger partial charge in [-0.3, -0.25) is 9.80 Å². The van der Waals surface area contributed by atoms with Crippen LogP contribution in [0, 0.1) is 12.7 Å². The summed E-state index contributed by atoms with van der Waals surface area (Å²) in [7, 11) is 0. The molecule has 26 heavy (non-hydrogen) atoms. The third-order valence-corrected chi connectivity index (χ3v) is 5.10. The van der Waals surface area contributed by atoms with Crippen molar-refractivity contribution in [1.29, 1.82) is 0 Å². The van der Waals surface area contributed by atoms with Crippen LogP contribution in [0.25, 0.3) is 0 Å². The van der Waals surface area contributed by atoms with Gasteiger partial charge in [-0.2, -0.15) is 0 Å². The summed E-state index contributed by atoms with van der Waals surface area (Å²) in [6.07, 6.45) is 3.57. The number of nitrogen functional groups attached to an aromatic ring is 1. The second-order valence-electron chi connectivity index (χ2n) is 6.88. The quantitative estimate of drug-likeness (QED) is 0.869. The molecule has 1 saturated heterocycles. The van der Waals surface area contributed by atoms with Gasteiger partial charge in [0, 0.05) is 24.4 Å². The summed E-state index contributed by atoms with van der Waals surface area (Å²) in [6.45, 7) is 3.74. The molecule has 136 valence electrons. The predicted octanol–water partition coefficient (Wildman–Crippen LogP) is 2.81. The number of hydrogen-bond donors (Lipinski definition) is 2. The Morgan fingerprint density at radius 1 is 1.38 bits per heavy atom. The van der Waals surface area contributed by atoms with Crippen LogP contribution in [0.5, 0.6) is 0 Å². The molecule has 4 rings (SSSR count). The Morgan fingerprint density at radius 3 is 2.96 bits per heavy atom. The van der Waals surface area contributed by atoms with Gasteiger partial charge in [-0.05, 0) is 37.9 Å². The summed E-state index contributed by atoms with van der Waals surface area (Å²) in [5.41, 5.74) is 8.58. The van der Waals surface area contributed by atoms with E-state index in [-0.39, 0.29) is 18.6 Å². The van der Waals surface area contributed by atoms with Gasteiger partial charge in [0.1, 0.15) is 11.6 Å². The van der Waals surface area contributed by atoms with Crippen LogP contribution in [0.4, 0.5) is 26.4 Å². The Balaban J connectivity index is 1.82. The standard InChI is InChI=1S/C19H22FN5O/c1-12-4-2-6-15(20)18(12)24-11-13-9-23-17(21)8-16(13)25(19(24)26)14-5-3-7-22-10-14/h2,4,6,8-9,14,22H,3,5,7,10-11H2,1H3,(H2,21,23)/t14-/m1/s1. The number of rotatable bonds is 2. The Labute approximate surface area is 151 Å². The van der Waals surface area contributed by atoms with Crippen molar-refractivity contribution >= 4 is 23.2 Å². The van der Waals surface area contributed by atoms with E-state index in [2.05, 4.69) is 10.3 Å². The molecule has 2 aliphatic rings. The minimum atomic E-state index is -0.396. The first-order valence-electron chi connectivity index (χ1n) is 8.87. The number of hydrogen-bond acceptors (Lipinski definition) is 4. The van der Waals surface area contributed by atoms with Crippen LogP contribution < -0.4 is 20.9 Å². The number of piperidine rings is 1. The molecule has 1 aromatic heterocycles. The van der Waals surface area contributed by atoms with E-state index in [1.165, 1.54) is 11.0 Å². The molecule has 1 aromatic carbocycles. The topological polar surface area (TPSA) is 74.5 Å². The third kappa shape index (κ3) is 2.78. The Hall–Kier alpha value is -2.67. The van der Waals surface area contributed by atoms with Crippen LogP contribution in [-0.4, -0.2) is 30.1 Å². The number of amides is 2. The molecule has 0 aliphatic carbocycles. The number of anilines is 3. The van der Waals surface area contributed by atoms with Gasteiger partial charge in [0.05, 0.1) is 24.0 Å². The van der Waals surface area contributed by atoms with Crippen molar-refractivity contribution in [3.63, 3.8) is 0 Å². The van der Waals surface area contributed by atoms with Gasteiger partial charge in [-0.15, -0.1) is 0 Å². The van der Waals surface area contributed by atoms with Gasteiger partial charge in [0.15, 0.2) is 0 Å². The monoisotopic (exact) mass is 355 g/mol. The number of carbonyl (C=O) groups excluding carboxylic acids is 1. The lowest BCUT2D eigenvalue weighted by Crippen LogP contribution is -2.56. The largest absolute Gasteiger partial charge is 0.384 e. The van der Waals surface area contributed by atoms with E-state index in [1.54, 1.807) is 23.2 Å². The lowest BCUT2D eigenvalue weighted by molar-refractivity contribution is 0.245.